The van der Waals surface area contributed by atoms with Crippen molar-refractivity contribution in [1.82, 2.24) is 9.88 Å². The zero-order valence-corrected chi connectivity index (χ0v) is 18.7. The molecular formula is C23H21F4N3O2S. The van der Waals surface area contributed by atoms with Crippen molar-refractivity contribution in [1.29, 1.82) is 0 Å². The number of halogens is 4. The van der Waals surface area contributed by atoms with Gasteiger partial charge in [0.1, 0.15) is 16.6 Å². The van der Waals surface area contributed by atoms with Crippen LogP contribution in [0.25, 0.3) is 0 Å². The van der Waals surface area contributed by atoms with Gasteiger partial charge in [0.2, 0.25) is 0 Å². The molecule has 1 aliphatic rings. The summed E-state index contributed by atoms with van der Waals surface area (Å²) >= 11 is 1.42. The van der Waals surface area contributed by atoms with Crippen LogP contribution in [-0.4, -0.2) is 36.1 Å². The van der Waals surface area contributed by atoms with Crippen LogP contribution in [0.2, 0.25) is 0 Å². The number of benzene rings is 2. The number of nitrogens with zero attached hydrogens (tertiary/aromatic N) is 2. The second kappa shape index (κ2) is 8.66. The predicted octanol–water partition coefficient (Wildman–Crippen LogP) is 5.84. The van der Waals surface area contributed by atoms with E-state index >= 15 is 0 Å². The molecule has 0 unspecified atom stereocenters. The maximum Gasteiger partial charge on any atom is 0.416 e. The molecule has 1 atom stereocenters. The Hall–Kier alpha value is -3.14. The van der Waals surface area contributed by atoms with E-state index in [0.29, 0.717) is 24.1 Å². The van der Waals surface area contributed by atoms with Crippen molar-refractivity contribution in [3.63, 3.8) is 0 Å². The quantitative estimate of drug-likeness (QED) is 0.478. The van der Waals surface area contributed by atoms with Crippen LogP contribution in [0.1, 0.15) is 28.1 Å². The number of aromatic nitrogens is 1. The van der Waals surface area contributed by atoms with E-state index in [2.05, 4.69) is 10.3 Å². The summed E-state index contributed by atoms with van der Waals surface area (Å²) in [5, 5.41) is 5.11. The number of amides is 2. The van der Waals surface area contributed by atoms with Gasteiger partial charge in [-0.05, 0) is 48.7 Å². The van der Waals surface area contributed by atoms with Gasteiger partial charge >= 0.3 is 12.2 Å². The van der Waals surface area contributed by atoms with Crippen LogP contribution in [0, 0.1) is 12.7 Å². The molecule has 5 nitrogen and oxygen atoms in total. The van der Waals surface area contributed by atoms with Crippen LogP contribution >= 0.6 is 11.3 Å². The molecule has 33 heavy (non-hydrogen) atoms. The van der Waals surface area contributed by atoms with E-state index in [-0.39, 0.29) is 23.8 Å². The highest BCUT2D eigenvalue weighted by Crippen LogP contribution is 2.43. The summed E-state index contributed by atoms with van der Waals surface area (Å²) in [6, 6.07) is 7.32. The number of rotatable bonds is 4. The summed E-state index contributed by atoms with van der Waals surface area (Å²) in [5.74, 6) is -0.234. The normalized spacial score (nSPS) is 18.4. The summed E-state index contributed by atoms with van der Waals surface area (Å²) in [4.78, 5) is 19.0. The van der Waals surface area contributed by atoms with Crippen molar-refractivity contribution in [3.05, 3.63) is 75.5 Å². The van der Waals surface area contributed by atoms with Gasteiger partial charge in [0, 0.05) is 24.7 Å². The topological polar surface area (TPSA) is 54.5 Å². The van der Waals surface area contributed by atoms with Crippen molar-refractivity contribution in [2.24, 2.45) is 0 Å². The number of thiazole rings is 1. The Bertz CT molecular complexity index is 1170. The number of hydrogen-bond acceptors (Lipinski definition) is 4. The summed E-state index contributed by atoms with van der Waals surface area (Å²) in [6.45, 7) is 2.20. The minimum atomic E-state index is -4.56. The number of anilines is 1. The van der Waals surface area contributed by atoms with Crippen LogP contribution in [-0.2, 0) is 11.6 Å². The molecule has 1 fully saturated rings. The van der Waals surface area contributed by atoms with Gasteiger partial charge in [0.15, 0.2) is 0 Å². The fourth-order valence-corrected chi connectivity index (χ4v) is 4.93. The number of nitrogens with one attached hydrogen (secondary N) is 1. The number of ether oxygens (including phenoxy) is 1. The smallest absolute Gasteiger partial charge is 0.416 e. The third-order valence-electron chi connectivity index (χ3n) is 5.89. The maximum absolute atomic E-state index is 14.4. The molecule has 1 aromatic heterocycles. The summed E-state index contributed by atoms with van der Waals surface area (Å²) < 4.78 is 59.0. The Morgan fingerprint density at radius 1 is 1.24 bits per heavy atom. The van der Waals surface area contributed by atoms with Crippen LogP contribution in [0.4, 0.5) is 28.0 Å². The van der Waals surface area contributed by atoms with Crippen LogP contribution in [0.5, 0.6) is 5.75 Å². The molecule has 0 radical (unpaired) electrons. The number of alkyl halides is 3. The average Bonchev–Trinajstić information content (AvgIpc) is 3.46. The number of methoxy groups -OCH3 is 1. The molecule has 10 heteroatoms. The van der Waals surface area contributed by atoms with Crippen LogP contribution in [0.15, 0.2) is 48.0 Å². The van der Waals surface area contributed by atoms with Crippen molar-refractivity contribution in [2.45, 2.75) is 24.9 Å². The molecule has 0 saturated carbocycles. The van der Waals surface area contributed by atoms with Gasteiger partial charge in [-0.2, -0.15) is 13.2 Å². The molecule has 3 aromatic rings. The van der Waals surface area contributed by atoms with Gasteiger partial charge in [0.25, 0.3) is 0 Å². The molecular weight excluding hydrogens is 458 g/mol. The molecule has 2 heterocycles. The van der Waals surface area contributed by atoms with Crippen molar-refractivity contribution >= 4 is 23.1 Å². The fraction of sp³-hybridized carbons (Fsp3) is 0.304. The van der Waals surface area contributed by atoms with E-state index in [0.717, 1.165) is 23.2 Å². The number of aryl methyl sites for hydroxylation is 1. The molecule has 1 N–H and O–H groups in total. The zero-order valence-electron chi connectivity index (χ0n) is 17.9. The first kappa shape index (κ1) is 23.0. The Kier molecular flexibility index (Phi) is 6.04. The molecule has 1 saturated heterocycles. The minimum absolute atomic E-state index is 0.0783. The second-order valence-electron chi connectivity index (χ2n) is 7.90. The number of likely N-dealkylation sites (tertiary alicyclic amines) is 1. The molecule has 0 aliphatic carbocycles. The number of carbonyl (C=O) groups is 1. The molecule has 0 bridgehead atoms. The van der Waals surface area contributed by atoms with E-state index in [4.69, 9.17) is 4.74 Å². The van der Waals surface area contributed by atoms with E-state index < -0.39 is 23.2 Å². The first-order chi connectivity index (χ1) is 15.6. The highest BCUT2D eigenvalue weighted by atomic mass is 32.1. The Morgan fingerprint density at radius 3 is 2.67 bits per heavy atom. The van der Waals surface area contributed by atoms with E-state index in [1.165, 1.54) is 29.4 Å². The maximum atomic E-state index is 14.4. The lowest BCUT2D eigenvalue weighted by Crippen LogP contribution is -2.37. The van der Waals surface area contributed by atoms with Gasteiger partial charge in [0.05, 0.1) is 23.8 Å². The molecule has 4 rings (SSSR count). The van der Waals surface area contributed by atoms with E-state index in [1.54, 1.807) is 19.2 Å². The number of urea groups is 1. The first-order valence-electron chi connectivity index (χ1n) is 10.1. The van der Waals surface area contributed by atoms with E-state index in [1.807, 2.05) is 11.4 Å². The van der Waals surface area contributed by atoms with Crippen molar-refractivity contribution in [2.75, 3.05) is 25.5 Å². The zero-order chi connectivity index (χ0) is 23.8. The largest absolute Gasteiger partial charge is 0.495 e. The van der Waals surface area contributed by atoms with Crippen LogP contribution < -0.4 is 10.1 Å². The first-order valence-corrected chi connectivity index (χ1v) is 11.0. The van der Waals surface area contributed by atoms with Crippen LogP contribution in [0.3, 0.4) is 0 Å². The Balaban J connectivity index is 1.63. The number of carbonyl (C=O) groups excluding carboxylic acids is 1. The minimum Gasteiger partial charge on any atom is -0.495 e. The molecule has 2 aromatic carbocycles. The molecule has 0 spiro atoms. The van der Waals surface area contributed by atoms with Gasteiger partial charge in [-0.15, -0.1) is 11.3 Å². The van der Waals surface area contributed by atoms with E-state index in [9.17, 15) is 22.4 Å². The monoisotopic (exact) mass is 479 g/mol. The van der Waals surface area contributed by atoms with Gasteiger partial charge < -0.3 is 15.0 Å². The summed E-state index contributed by atoms with van der Waals surface area (Å²) in [5.41, 5.74) is -0.472. The predicted molar refractivity (Wildman–Crippen MR) is 117 cm³/mol. The summed E-state index contributed by atoms with van der Waals surface area (Å²) in [6.07, 6.45) is -2.41. The highest BCUT2D eigenvalue weighted by Gasteiger charge is 2.45. The van der Waals surface area contributed by atoms with Crippen molar-refractivity contribution in [3.8, 4) is 5.75 Å². The molecule has 1 aliphatic heterocycles. The molecule has 174 valence electrons. The standard InChI is InChI=1S/C23H21F4N3O2S/c1-14-3-4-15(11-17(14)24)22(20-28-8-10-33-20)7-9-30(13-22)21(31)29-18-12-16(23(25,26)27)5-6-19(18)32-2/h3-6,8,10-12H,7,9,13H2,1-2H3,(H,29,31)/t22-/m1/s1. The lowest BCUT2D eigenvalue weighted by atomic mass is 9.80. The summed E-state index contributed by atoms with van der Waals surface area (Å²) in [7, 11) is 1.31. The third kappa shape index (κ3) is 4.39. The fourth-order valence-electron chi connectivity index (χ4n) is 4.04. The van der Waals surface area contributed by atoms with Crippen molar-refractivity contribution < 1.29 is 27.1 Å². The highest BCUT2D eigenvalue weighted by molar-refractivity contribution is 7.09. The Morgan fingerprint density at radius 2 is 2.03 bits per heavy atom. The number of hydrogen-bond donors (Lipinski definition) is 1. The van der Waals surface area contributed by atoms with Gasteiger partial charge in [-0.3, -0.25) is 0 Å². The lowest BCUT2D eigenvalue weighted by molar-refractivity contribution is -0.137. The third-order valence-corrected chi connectivity index (χ3v) is 6.87. The average molecular weight is 479 g/mol. The molecule has 2 amide bonds. The Labute approximate surface area is 192 Å². The lowest BCUT2D eigenvalue weighted by Gasteiger charge is -2.28. The van der Waals surface area contributed by atoms with Gasteiger partial charge in [-0.25, -0.2) is 14.2 Å². The SMILES string of the molecule is COc1ccc(C(F)(F)F)cc1NC(=O)N1CC[C@@](c2ccc(C)c(F)c2)(c2nccs2)C1. The second-order valence-corrected chi connectivity index (χ2v) is 8.79. The van der Waals surface area contributed by atoms with Gasteiger partial charge in [-0.1, -0.05) is 12.1 Å².